The summed E-state index contributed by atoms with van der Waals surface area (Å²) in [6.07, 6.45) is 2.58. The van der Waals surface area contributed by atoms with Gasteiger partial charge in [0.25, 0.3) is 5.91 Å². The normalized spacial score (nSPS) is 16.8. The Morgan fingerprint density at radius 3 is 2.58 bits per heavy atom. The number of hydrogen-bond acceptors (Lipinski definition) is 5. The highest BCUT2D eigenvalue weighted by Crippen LogP contribution is 2.42. The van der Waals surface area contributed by atoms with Crippen LogP contribution in [-0.2, 0) is 21.9 Å². The molecule has 1 amide bonds. The Bertz CT molecular complexity index is 1100. The van der Waals surface area contributed by atoms with Crippen LogP contribution in [0.25, 0.3) is 11.1 Å². The lowest BCUT2D eigenvalue weighted by molar-refractivity contribution is -0.113. The minimum absolute atomic E-state index is 0.194. The van der Waals surface area contributed by atoms with Gasteiger partial charge in [0.1, 0.15) is 5.70 Å². The fraction of sp³-hybridized carbons (Fsp3) is 0.400. The number of sulfonamides is 1. The third kappa shape index (κ3) is 5.81. The van der Waals surface area contributed by atoms with Gasteiger partial charge in [-0.2, -0.15) is 5.10 Å². The predicted octanol–water partition coefficient (Wildman–Crippen LogP) is 2.44. The minimum Gasteiger partial charge on any atom is -0.390 e. The zero-order chi connectivity index (χ0) is 22.8. The standard InChI is InChI=1S/C20H25F2N5O3S/c1-13(23-2)18(26-31(29,30)12-14-8-20(21,22)9-14)19(28)25-17-6-4-5-15(7-17)16-10-24-27(3)11-16/h4-7,10-11,14,23,26H,8-9,12H2,1-3H3,(H,25,28)/b18-13+. The number of rotatable bonds is 8. The number of alkyl halides is 2. The quantitative estimate of drug-likeness (QED) is 0.533. The maximum absolute atomic E-state index is 13.0. The van der Waals surface area contributed by atoms with E-state index in [1.807, 2.05) is 12.3 Å². The van der Waals surface area contributed by atoms with Gasteiger partial charge in [0.05, 0.1) is 11.9 Å². The highest BCUT2D eigenvalue weighted by molar-refractivity contribution is 7.89. The average molecular weight is 454 g/mol. The van der Waals surface area contributed by atoms with Gasteiger partial charge in [-0.1, -0.05) is 12.1 Å². The molecule has 1 aromatic carbocycles. The maximum atomic E-state index is 13.0. The lowest BCUT2D eigenvalue weighted by atomic mass is 9.83. The Morgan fingerprint density at radius 2 is 2.00 bits per heavy atom. The Balaban J connectivity index is 1.74. The van der Waals surface area contributed by atoms with Crippen molar-refractivity contribution < 1.29 is 22.0 Å². The van der Waals surface area contributed by atoms with Crippen LogP contribution in [0.5, 0.6) is 0 Å². The van der Waals surface area contributed by atoms with E-state index in [0.717, 1.165) is 11.1 Å². The van der Waals surface area contributed by atoms with Crippen LogP contribution in [-0.4, -0.2) is 42.8 Å². The van der Waals surface area contributed by atoms with Gasteiger partial charge in [-0.3, -0.25) is 14.2 Å². The molecule has 0 bridgehead atoms. The molecule has 1 fully saturated rings. The van der Waals surface area contributed by atoms with Crippen LogP contribution in [0.4, 0.5) is 14.5 Å². The Hall–Kier alpha value is -2.95. The van der Waals surface area contributed by atoms with Gasteiger partial charge in [0, 0.05) is 50.1 Å². The number of aryl methyl sites for hydroxylation is 1. The second kappa shape index (κ2) is 8.66. The Kier molecular flexibility index (Phi) is 6.35. The van der Waals surface area contributed by atoms with Crippen LogP contribution < -0.4 is 15.4 Å². The summed E-state index contributed by atoms with van der Waals surface area (Å²) in [4.78, 5) is 12.8. The number of aromatic nitrogens is 2. The lowest BCUT2D eigenvalue weighted by Crippen LogP contribution is -2.43. The first-order valence-corrected chi connectivity index (χ1v) is 11.3. The molecule has 31 heavy (non-hydrogen) atoms. The number of nitrogens with one attached hydrogen (secondary N) is 3. The van der Waals surface area contributed by atoms with Crippen molar-refractivity contribution in [1.82, 2.24) is 19.8 Å². The molecular weight excluding hydrogens is 428 g/mol. The smallest absolute Gasteiger partial charge is 0.274 e. The van der Waals surface area contributed by atoms with Gasteiger partial charge in [-0.05, 0) is 30.5 Å². The van der Waals surface area contributed by atoms with Gasteiger partial charge < -0.3 is 10.6 Å². The van der Waals surface area contributed by atoms with E-state index in [0.29, 0.717) is 11.4 Å². The molecule has 0 unspecified atom stereocenters. The number of amides is 1. The molecule has 0 atom stereocenters. The molecule has 1 heterocycles. The molecule has 0 saturated heterocycles. The Morgan fingerprint density at radius 1 is 1.29 bits per heavy atom. The number of anilines is 1. The number of benzene rings is 1. The summed E-state index contributed by atoms with van der Waals surface area (Å²) in [5.41, 5.74) is 2.25. The summed E-state index contributed by atoms with van der Waals surface area (Å²) >= 11 is 0. The molecule has 1 aromatic heterocycles. The molecule has 3 rings (SSSR count). The van der Waals surface area contributed by atoms with Crippen molar-refractivity contribution >= 4 is 21.6 Å². The minimum atomic E-state index is -3.98. The Labute approximate surface area is 179 Å². The van der Waals surface area contributed by atoms with Crippen molar-refractivity contribution in [2.24, 2.45) is 13.0 Å². The molecule has 1 aliphatic carbocycles. The summed E-state index contributed by atoms with van der Waals surface area (Å²) < 4.78 is 54.9. The van der Waals surface area contributed by atoms with E-state index in [1.54, 1.807) is 50.1 Å². The summed E-state index contributed by atoms with van der Waals surface area (Å²) in [7, 11) is -0.642. The van der Waals surface area contributed by atoms with Gasteiger partial charge in [0.15, 0.2) is 0 Å². The second-order valence-corrected chi connectivity index (χ2v) is 9.47. The van der Waals surface area contributed by atoms with E-state index in [9.17, 15) is 22.0 Å². The first-order chi connectivity index (χ1) is 14.5. The molecule has 168 valence electrons. The molecule has 3 N–H and O–H groups in total. The van der Waals surface area contributed by atoms with Crippen molar-refractivity contribution in [3.05, 3.63) is 48.1 Å². The summed E-state index contributed by atoms with van der Waals surface area (Å²) in [5.74, 6) is -4.58. The number of halogens is 2. The van der Waals surface area contributed by atoms with Crippen molar-refractivity contribution in [3.8, 4) is 11.1 Å². The van der Waals surface area contributed by atoms with Crippen molar-refractivity contribution in [3.63, 3.8) is 0 Å². The first-order valence-electron chi connectivity index (χ1n) is 9.65. The zero-order valence-electron chi connectivity index (χ0n) is 17.4. The SMILES string of the molecule is CN/C(C)=C(/NS(=O)(=O)CC1CC(F)(F)C1)C(=O)Nc1cccc(-c2cnn(C)c2)c1. The molecule has 11 heteroatoms. The molecule has 2 aromatic rings. The van der Waals surface area contributed by atoms with Gasteiger partial charge >= 0.3 is 0 Å². The summed E-state index contributed by atoms with van der Waals surface area (Å²) in [6.45, 7) is 1.54. The first kappa shape index (κ1) is 22.7. The molecule has 0 aliphatic heterocycles. The van der Waals surface area contributed by atoms with Gasteiger partial charge in [-0.15, -0.1) is 0 Å². The third-order valence-corrected chi connectivity index (χ3v) is 6.45. The van der Waals surface area contributed by atoms with Crippen LogP contribution in [0.15, 0.2) is 48.1 Å². The maximum Gasteiger partial charge on any atom is 0.274 e. The molecule has 0 radical (unpaired) electrons. The van der Waals surface area contributed by atoms with Crippen molar-refractivity contribution in [1.29, 1.82) is 0 Å². The predicted molar refractivity (Wildman–Crippen MR) is 114 cm³/mol. The molecule has 0 spiro atoms. The van der Waals surface area contributed by atoms with Crippen LogP contribution >= 0.6 is 0 Å². The van der Waals surface area contributed by atoms with E-state index < -0.39 is 46.4 Å². The highest BCUT2D eigenvalue weighted by atomic mass is 32.2. The summed E-state index contributed by atoms with van der Waals surface area (Å²) in [5, 5.41) is 9.55. The fourth-order valence-corrected chi connectivity index (χ4v) is 4.87. The van der Waals surface area contributed by atoms with Crippen LogP contribution in [0.1, 0.15) is 19.8 Å². The van der Waals surface area contributed by atoms with Crippen LogP contribution in [0, 0.1) is 5.92 Å². The number of hydrogen-bond donors (Lipinski definition) is 3. The summed E-state index contributed by atoms with van der Waals surface area (Å²) in [6, 6.07) is 7.04. The zero-order valence-corrected chi connectivity index (χ0v) is 18.3. The number of carbonyl (C=O) groups excluding carboxylic acids is 1. The van der Waals surface area contributed by atoms with E-state index in [2.05, 4.69) is 20.5 Å². The average Bonchev–Trinajstić information content (AvgIpc) is 3.10. The molecule has 1 saturated carbocycles. The van der Waals surface area contributed by atoms with E-state index >= 15 is 0 Å². The van der Waals surface area contributed by atoms with Gasteiger partial charge in [-0.25, -0.2) is 17.2 Å². The molecule has 1 aliphatic rings. The van der Waals surface area contributed by atoms with E-state index in [1.165, 1.54) is 0 Å². The largest absolute Gasteiger partial charge is 0.390 e. The lowest BCUT2D eigenvalue weighted by Gasteiger charge is -2.34. The van der Waals surface area contributed by atoms with Crippen LogP contribution in [0.2, 0.25) is 0 Å². The number of nitrogens with zero attached hydrogens (tertiary/aromatic N) is 2. The van der Waals surface area contributed by atoms with Crippen LogP contribution in [0.3, 0.4) is 0 Å². The third-order valence-electron chi connectivity index (χ3n) is 5.02. The van der Waals surface area contributed by atoms with E-state index in [4.69, 9.17) is 0 Å². The second-order valence-electron chi connectivity index (χ2n) is 7.70. The number of carbonyl (C=O) groups is 1. The van der Waals surface area contributed by atoms with Gasteiger partial charge in [0.2, 0.25) is 15.9 Å². The van der Waals surface area contributed by atoms with E-state index in [-0.39, 0.29) is 5.70 Å². The van der Waals surface area contributed by atoms with Crippen molar-refractivity contribution in [2.45, 2.75) is 25.7 Å². The number of allylic oxidation sites excluding steroid dienone is 1. The molecular formula is C20H25F2N5O3S. The van der Waals surface area contributed by atoms with Crippen molar-refractivity contribution in [2.75, 3.05) is 18.1 Å². The molecule has 8 nitrogen and oxygen atoms in total. The highest BCUT2D eigenvalue weighted by Gasteiger charge is 2.46. The monoisotopic (exact) mass is 453 g/mol. The topological polar surface area (TPSA) is 105 Å². The fourth-order valence-electron chi connectivity index (χ4n) is 3.37.